The van der Waals surface area contributed by atoms with E-state index in [1.807, 2.05) is 56.3 Å². The lowest BCUT2D eigenvalue weighted by atomic mass is 10.0. The van der Waals surface area contributed by atoms with Crippen LogP contribution in [-0.2, 0) is 16.1 Å². The Hall–Kier alpha value is -1.88. The van der Waals surface area contributed by atoms with E-state index in [2.05, 4.69) is 5.32 Å². The summed E-state index contributed by atoms with van der Waals surface area (Å²) in [5, 5.41) is 2.91. The van der Waals surface area contributed by atoms with Crippen LogP contribution in [0.4, 0.5) is 0 Å². The van der Waals surface area contributed by atoms with Crippen molar-refractivity contribution in [3.63, 3.8) is 0 Å². The summed E-state index contributed by atoms with van der Waals surface area (Å²) in [5.74, 6) is -0.151. The molecule has 126 valence electrons. The summed E-state index contributed by atoms with van der Waals surface area (Å²) in [7, 11) is 3.92. The highest BCUT2D eigenvalue weighted by molar-refractivity contribution is 6.07. The fourth-order valence-corrected chi connectivity index (χ4v) is 2.66. The zero-order valence-electron chi connectivity index (χ0n) is 14.3. The van der Waals surface area contributed by atoms with Crippen LogP contribution >= 0.6 is 0 Å². The van der Waals surface area contributed by atoms with E-state index in [1.54, 1.807) is 4.90 Å². The predicted octanol–water partition coefficient (Wildman–Crippen LogP) is 1.49. The lowest BCUT2D eigenvalue weighted by Gasteiger charge is -2.26. The van der Waals surface area contributed by atoms with Gasteiger partial charge < -0.3 is 15.1 Å². The van der Waals surface area contributed by atoms with Gasteiger partial charge in [-0.2, -0.15) is 0 Å². The molecule has 1 saturated carbocycles. The zero-order valence-corrected chi connectivity index (χ0v) is 14.3. The normalized spacial score (nSPS) is 15.3. The van der Waals surface area contributed by atoms with Crippen LogP contribution < -0.4 is 5.32 Å². The summed E-state index contributed by atoms with van der Waals surface area (Å²) in [4.78, 5) is 29.1. The van der Waals surface area contributed by atoms with Crippen LogP contribution in [-0.4, -0.2) is 55.3 Å². The number of carbonyl (C=O) groups is 2. The average Bonchev–Trinajstić information content (AvgIpc) is 3.34. The number of amides is 2. The molecule has 5 heteroatoms. The van der Waals surface area contributed by atoms with Crippen molar-refractivity contribution in [3.8, 4) is 0 Å². The first kappa shape index (κ1) is 17.5. The smallest absolute Gasteiger partial charge is 0.238 e. The van der Waals surface area contributed by atoms with E-state index >= 15 is 0 Å². The molecule has 1 fully saturated rings. The first-order valence-corrected chi connectivity index (χ1v) is 8.26. The molecule has 0 bridgehead atoms. The van der Waals surface area contributed by atoms with Gasteiger partial charge in [0.25, 0.3) is 0 Å². The molecule has 2 rings (SSSR count). The van der Waals surface area contributed by atoms with E-state index in [9.17, 15) is 9.59 Å². The van der Waals surface area contributed by atoms with E-state index in [0.717, 1.165) is 12.1 Å². The molecule has 2 amide bonds. The van der Waals surface area contributed by atoms with Crippen molar-refractivity contribution in [2.75, 3.05) is 33.7 Å². The number of carbonyl (C=O) groups excluding carboxylic acids is 2. The molecule has 1 aromatic carbocycles. The summed E-state index contributed by atoms with van der Waals surface area (Å²) >= 11 is 0. The van der Waals surface area contributed by atoms with Crippen molar-refractivity contribution in [2.45, 2.75) is 26.3 Å². The Bertz CT molecular complexity index is 538. The summed E-state index contributed by atoms with van der Waals surface area (Å²) in [5.41, 5.74) is 0.267. The van der Waals surface area contributed by atoms with Crippen LogP contribution in [0.25, 0.3) is 0 Å². The number of rotatable bonds is 8. The highest BCUT2D eigenvalue weighted by atomic mass is 16.2. The molecule has 1 aromatic rings. The number of nitrogens with zero attached hydrogens (tertiary/aromatic N) is 2. The molecule has 0 unspecified atom stereocenters. The van der Waals surface area contributed by atoms with Gasteiger partial charge in [0.15, 0.2) is 0 Å². The third-order valence-corrected chi connectivity index (χ3v) is 4.32. The Morgan fingerprint density at radius 3 is 2.35 bits per heavy atom. The van der Waals surface area contributed by atoms with Gasteiger partial charge in [-0.3, -0.25) is 9.59 Å². The van der Waals surface area contributed by atoms with Crippen LogP contribution in [0.3, 0.4) is 0 Å². The van der Waals surface area contributed by atoms with Crippen LogP contribution in [0.15, 0.2) is 30.3 Å². The van der Waals surface area contributed by atoms with Crippen molar-refractivity contribution < 1.29 is 9.59 Å². The minimum atomic E-state index is -0.822. The lowest BCUT2D eigenvalue weighted by molar-refractivity contribution is -0.144. The monoisotopic (exact) mass is 317 g/mol. The van der Waals surface area contributed by atoms with E-state index in [1.165, 1.54) is 0 Å². The van der Waals surface area contributed by atoms with Crippen molar-refractivity contribution in [1.29, 1.82) is 0 Å². The van der Waals surface area contributed by atoms with Crippen LogP contribution in [0.1, 0.15) is 25.3 Å². The van der Waals surface area contributed by atoms with Gasteiger partial charge in [0.2, 0.25) is 11.8 Å². The van der Waals surface area contributed by atoms with Crippen LogP contribution in [0, 0.1) is 5.41 Å². The molecule has 0 saturated heterocycles. The van der Waals surface area contributed by atoms with Gasteiger partial charge in [0.1, 0.15) is 5.41 Å². The summed E-state index contributed by atoms with van der Waals surface area (Å²) in [6, 6.07) is 9.91. The Kier molecular flexibility index (Phi) is 5.77. The quantitative estimate of drug-likeness (QED) is 0.739. The molecule has 0 heterocycles. The molecule has 5 nitrogen and oxygen atoms in total. The lowest BCUT2D eigenvalue weighted by Crippen LogP contribution is -2.46. The third-order valence-electron chi connectivity index (χ3n) is 4.32. The third kappa shape index (κ3) is 4.32. The van der Waals surface area contributed by atoms with E-state index in [4.69, 9.17) is 0 Å². The molecule has 0 aliphatic heterocycles. The molecular formula is C18H27N3O2. The van der Waals surface area contributed by atoms with Crippen LogP contribution in [0.2, 0.25) is 0 Å². The van der Waals surface area contributed by atoms with Gasteiger partial charge in [-0.05, 0) is 39.4 Å². The van der Waals surface area contributed by atoms with Crippen LogP contribution in [0.5, 0.6) is 0 Å². The van der Waals surface area contributed by atoms with E-state index < -0.39 is 5.41 Å². The molecule has 0 spiro atoms. The van der Waals surface area contributed by atoms with E-state index in [0.29, 0.717) is 32.5 Å². The van der Waals surface area contributed by atoms with Crippen molar-refractivity contribution in [1.82, 2.24) is 15.1 Å². The van der Waals surface area contributed by atoms with Gasteiger partial charge in [-0.15, -0.1) is 0 Å². The summed E-state index contributed by atoms with van der Waals surface area (Å²) in [6.07, 6.45) is 1.32. The molecule has 0 radical (unpaired) electrons. The Morgan fingerprint density at radius 1 is 1.17 bits per heavy atom. The number of nitrogens with one attached hydrogen (secondary N) is 1. The highest BCUT2D eigenvalue weighted by Crippen LogP contribution is 2.47. The first-order valence-electron chi connectivity index (χ1n) is 8.26. The van der Waals surface area contributed by atoms with E-state index in [-0.39, 0.29) is 11.8 Å². The maximum Gasteiger partial charge on any atom is 0.238 e. The maximum absolute atomic E-state index is 12.9. The number of benzene rings is 1. The molecule has 1 N–H and O–H groups in total. The van der Waals surface area contributed by atoms with Crippen molar-refractivity contribution in [3.05, 3.63) is 35.9 Å². The number of hydrogen-bond acceptors (Lipinski definition) is 3. The fraction of sp³-hybridized carbons (Fsp3) is 0.556. The largest absolute Gasteiger partial charge is 0.354 e. The fourth-order valence-electron chi connectivity index (χ4n) is 2.66. The number of hydrogen-bond donors (Lipinski definition) is 1. The topological polar surface area (TPSA) is 52.7 Å². The molecule has 0 atom stereocenters. The van der Waals surface area contributed by atoms with Gasteiger partial charge in [0, 0.05) is 26.2 Å². The van der Waals surface area contributed by atoms with Crippen molar-refractivity contribution >= 4 is 11.8 Å². The second-order valence-corrected chi connectivity index (χ2v) is 6.45. The van der Waals surface area contributed by atoms with Gasteiger partial charge in [-0.25, -0.2) is 0 Å². The zero-order chi connectivity index (χ0) is 16.9. The Labute approximate surface area is 138 Å². The Balaban J connectivity index is 1.97. The second kappa shape index (κ2) is 7.59. The van der Waals surface area contributed by atoms with Gasteiger partial charge >= 0.3 is 0 Å². The average molecular weight is 317 g/mol. The van der Waals surface area contributed by atoms with Gasteiger partial charge in [0.05, 0.1) is 0 Å². The number of likely N-dealkylation sites (N-methyl/N-ethyl adjacent to an activating group) is 1. The summed E-state index contributed by atoms with van der Waals surface area (Å²) in [6.45, 7) is 4.48. The predicted molar refractivity (Wildman–Crippen MR) is 90.8 cm³/mol. The highest BCUT2D eigenvalue weighted by Gasteiger charge is 2.57. The molecule has 1 aliphatic rings. The molecule has 23 heavy (non-hydrogen) atoms. The molecular weight excluding hydrogens is 290 g/mol. The first-order chi connectivity index (χ1) is 11.0. The summed E-state index contributed by atoms with van der Waals surface area (Å²) < 4.78 is 0. The second-order valence-electron chi connectivity index (χ2n) is 6.45. The molecule has 1 aliphatic carbocycles. The SMILES string of the molecule is CCN(Cc1ccccc1)C(=O)C1(C(=O)NCCN(C)C)CC1. The van der Waals surface area contributed by atoms with Gasteiger partial charge in [-0.1, -0.05) is 30.3 Å². The molecule has 0 aromatic heterocycles. The van der Waals surface area contributed by atoms with Crippen molar-refractivity contribution in [2.24, 2.45) is 5.41 Å². The Morgan fingerprint density at radius 2 is 1.83 bits per heavy atom. The minimum Gasteiger partial charge on any atom is -0.354 e. The standard InChI is InChI=1S/C18H27N3O2/c1-4-21(14-15-8-6-5-7-9-15)17(23)18(10-11-18)16(22)19-12-13-20(2)3/h5-9H,4,10-14H2,1-3H3,(H,19,22). The maximum atomic E-state index is 12.9. The minimum absolute atomic E-state index is 0.0359.